The van der Waals surface area contributed by atoms with Gasteiger partial charge in [0, 0.05) is 11.3 Å². The molecule has 1 unspecified atom stereocenters. The standard InChI is InChI=1S/C30H29NO6/c1-17(2)37-30(35)21-10-7-11-22(16-21)31-26(20-9-6-8-18(3)14-20)25(28(33)29(31)34)27(32)24-13-12-23(36-5)15-19(24)4/h6-17,26,32H,1-5H3/b27-25-. The molecular formula is C30H29NO6. The molecule has 3 aromatic carbocycles. The Balaban J connectivity index is 1.91. The van der Waals surface area contributed by atoms with Gasteiger partial charge in [0.25, 0.3) is 11.7 Å². The molecular weight excluding hydrogens is 470 g/mol. The molecule has 190 valence electrons. The number of ketones is 1. The number of aliphatic hydroxyl groups excluding tert-OH is 1. The number of aliphatic hydroxyl groups is 1. The van der Waals surface area contributed by atoms with Gasteiger partial charge in [-0.25, -0.2) is 4.79 Å². The van der Waals surface area contributed by atoms with Crippen LogP contribution >= 0.6 is 0 Å². The summed E-state index contributed by atoms with van der Waals surface area (Å²) in [6, 6.07) is 18.0. The van der Waals surface area contributed by atoms with Gasteiger partial charge >= 0.3 is 5.97 Å². The Morgan fingerprint density at radius 2 is 1.70 bits per heavy atom. The van der Waals surface area contributed by atoms with E-state index in [1.807, 2.05) is 31.2 Å². The van der Waals surface area contributed by atoms with Gasteiger partial charge in [-0.05, 0) is 75.2 Å². The first-order valence-electron chi connectivity index (χ1n) is 12.0. The van der Waals surface area contributed by atoms with E-state index in [0.29, 0.717) is 28.1 Å². The molecule has 1 aliphatic rings. The maximum absolute atomic E-state index is 13.5. The average Bonchev–Trinajstić information content (AvgIpc) is 3.13. The van der Waals surface area contributed by atoms with Gasteiger partial charge in [-0.3, -0.25) is 14.5 Å². The second-order valence-electron chi connectivity index (χ2n) is 9.27. The monoisotopic (exact) mass is 499 g/mol. The number of hydrogen-bond acceptors (Lipinski definition) is 6. The van der Waals surface area contributed by atoms with Crippen LogP contribution in [-0.2, 0) is 14.3 Å². The second kappa shape index (κ2) is 10.3. The summed E-state index contributed by atoms with van der Waals surface area (Å²) < 4.78 is 10.6. The van der Waals surface area contributed by atoms with Gasteiger partial charge < -0.3 is 14.6 Å². The summed E-state index contributed by atoms with van der Waals surface area (Å²) in [5, 5.41) is 11.4. The summed E-state index contributed by atoms with van der Waals surface area (Å²) in [6.45, 7) is 7.20. The molecule has 0 aromatic heterocycles. The SMILES string of the molecule is COc1ccc(/C(O)=C2/C(=O)C(=O)N(c3cccc(C(=O)OC(C)C)c3)C2c2cccc(C)c2)c(C)c1. The maximum atomic E-state index is 13.5. The predicted molar refractivity (Wildman–Crippen MR) is 141 cm³/mol. The minimum atomic E-state index is -0.905. The number of esters is 1. The molecule has 1 heterocycles. The Morgan fingerprint density at radius 1 is 0.973 bits per heavy atom. The predicted octanol–water partition coefficient (Wildman–Crippen LogP) is 5.50. The molecule has 0 saturated carbocycles. The van der Waals surface area contributed by atoms with Crippen LogP contribution in [0.25, 0.3) is 5.76 Å². The number of amides is 1. The van der Waals surface area contributed by atoms with E-state index < -0.39 is 23.7 Å². The van der Waals surface area contributed by atoms with Crippen molar-refractivity contribution in [3.8, 4) is 5.75 Å². The molecule has 7 nitrogen and oxygen atoms in total. The highest BCUT2D eigenvalue weighted by Crippen LogP contribution is 2.43. The van der Waals surface area contributed by atoms with E-state index in [0.717, 1.165) is 5.56 Å². The fourth-order valence-corrected chi connectivity index (χ4v) is 4.49. The van der Waals surface area contributed by atoms with Gasteiger partial charge in [0.15, 0.2) is 0 Å². The number of ether oxygens (including phenoxy) is 2. The zero-order chi connectivity index (χ0) is 26.9. The van der Waals surface area contributed by atoms with Gasteiger partial charge in [0.2, 0.25) is 0 Å². The van der Waals surface area contributed by atoms with E-state index in [1.165, 1.54) is 11.0 Å². The number of hydrogen-bond donors (Lipinski definition) is 1. The third kappa shape index (κ3) is 4.98. The normalized spacial score (nSPS) is 16.8. The lowest BCUT2D eigenvalue weighted by Crippen LogP contribution is -2.29. The van der Waals surface area contributed by atoms with Crippen molar-refractivity contribution in [2.75, 3.05) is 12.0 Å². The minimum Gasteiger partial charge on any atom is -0.507 e. The Morgan fingerprint density at radius 3 is 2.35 bits per heavy atom. The molecule has 1 amide bonds. The highest BCUT2D eigenvalue weighted by molar-refractivity contribution is 6.51. The Bertz CT molecular complexity index is 1420. The number of carbonyl (C=O) groups is 3. The molecule has 1 atom stereocenters. The molecule has 0 bridgehead atoms. The van der Waals surface area contributed by atoms with Crippen LogP contribution in [0.4, 0.5) is 5.69 Å². The van der Waals surface area contributed by atoms with Crippen molar-refractivity contribution >= 4 is 29.1 Å². The van der Waals surface area contributed by atoms with Crippen LogP contribution < -0.4 is 9.64 Å². The van der Waals surface area contributed by atoms with E-state index in [1.54, 1.807) is 64.3 Å². The first-order valence-corrected chi connectivity index (χ1v) is 12.0. The summed E-state index contributed by atoms with van der Waals surface area (Å²) in [4.78, 5) is 40.8. The number of rotatable bonds is 6. The molecule has 37 heavy (non-hydrogen) atoms. The van der Waals surface area contributed by atoms with Gasteiger partial charge in [-0.2, -0.15) is 0 Å². The molecule has 7 heteroatoms. The summed E-state index contributed by atoms with van der Waals surface area (Å²) in [6.07, 6.45) is -0.314. The van der Waals surface area contributed by atoms with Crippen LogP contribution in [0.2, 0.25) is 0 Å². The van der Waals surface area contributed by atoms with Gasteiger partial charge in [-0.1, -0.05) is 35.9 Å². The number of nitrogens with zero attached hydrogens (tertiary/aromatic N) is 1. The molecule has 1 aliphatic heterocycles. The number of Topliss-reactive ketones (excluding diaryl/α,β-unsaturated/α-hetero) is 1. The van der Waals surface area contributed by atoms with Crippen molar-refractivity contribution in [3.05, 3.63) is 100 Å². The van der Waals surface area contributed by atoms with Crippen LogP contribution in [0.1, 0.15) is 52.5 Å². The Hall–Kier alpha value is -4.39. The van der Waals surface area contributed by atoms with E-state index in [9.17, 15) is 19.5 Å². The molecule has 3 aromatic rings. The molecule has 0 aliphatic carbocycles. The first kappa shape index (κ1) is 25.7. The van der Waals surface area contributed by atoms with Crippen LogP contribution in [-0.4, -0.2) is 36.0 Å². The van der Waals surface area contributed by atoms with Crippen molar-refractivity contribution in [2.45, 2.75) is 39.8 Å². The minimum absolute atomic E-state index is 0.0287. The number of anilines is 1. The average molecular weight is 500 g/mol. The topological polar surface area (TPSA) is 93.1 Å². The number of aryl methyl sites for hydroxylation is 2. The van der Waals surface area contributed by atoms with Crippen molar-refractivity contribution in [2.24, 2.45) is 0 Å². The van der Waals surface area contributed by atoms with E-state index in [-0.39, 0.29) is 23.0 Å². The van der Waals surface area contributed by atoms with Gasteiger partial charge in [-0.15, -0.1) is 0 Å². The maximum Gasteiger partial charge on any atom is 0.338 e. The quantitative estimate of drug-likeness (QED) is 0.208. The Labute approximate surface area is 215 Å². The summed E-state index contributed by atoms with van der Waals surface area (Å²) in [5.74, 6) is -1.81. The Kier molecular flexibility index (Phi) is 7.16. The van der Waals surface area contributed by atoms with Crippen molar-refractivity contribution in [1.29, 1.82) is 0 Å². The fourth-order valence-electron chi connectivity index (χ4n) is 4.49. The molecule has 1 N–H and O–H groups in total. The third-order valence-electron chi connectivity index (χ3n) is 6.19. The fraction of sp³-hybridized carbons (Fsp3) is 0.233. The van der Waals surface area contributed by atoms with Crippen molar-refractivity contribution in [1.82, 2.24) is 0 Å². The molecule has 0 radical (unpaired) electrons. The van der Waals surface area contributed by atoms with Crippen LogP contribution in [0.5, 0.6) is 5.75 Å². The van der Waals surface area contributed by atoms with E-state index in [2.05, 4.69) is 0 Å². The van der Waals surface area contributed by atoms with E-state index in [4.69, 9.17) is 9.47 Å². The summed E-state index contributed by atoms with van der Waals surface area (Å²) in [7, 11) is 1.54. The lowest BCUT2D eigenvalue weighted by Gasteiger charge is -2.26. The number of carbonyl (C=O) groups excluding carboxylic acids is 3. The molecule has 4 rings (SSSR count). The first-order chi connectivity index (χ1) is 17.6. The number of methoxy groups -OCH3 is 1. The molecule has 0 spiro atoms. The summed E-state index contributed by atoms with van der Waals surface area (Å²) >= 11 is 0. The van der Waals surface area contributed by atoms with Gasteiger partial charge in [0.1, 0.15) is 11.5 Å². The third-order valence-corrected chi connectivity index (χ3v) is 6.19. The largest absolute Gasteiger partial charge is 0.507 e. The van der Waals surface area contributed by atoms with E-state index >= 15 is 0 Å². The van der Waals surface area contributed by atoms with Crippen LogP contribution in [0.15, 0.2) is 72.3 Å². The second-order valence-corrected chi connectivity index (χ2v) is 9.27. The zero-order valence-corrected chi connectivity index (χ0v) is 21.4. The zero-order valence-electron chi connectivity index (χ0n) is 21.4. The summed E-state index contributed by atoms with van der Waals surface area (Å²) in [5.41, 5.74) is 3.26. The van der Waals surface area contributed by atoms with Crippen LogP contribution in [0.3, 0.4) is 0 Å². The van der Waals surface area contributed by atoms with Crippen molar-refractivity contribution < 1.29 is 29.0 Å². The lowest BCUT2D eigenvalue weighted by atomic mass is 9.93. The molecule has 1 saturated heterocycles. The van der Waals surface area contributed by atoms with Crippen LogP contribution in [0, 0.1) is 13.8 Å². The lowest BCUT2D eigenvalue weighted by molar-refractivity contribution is -0.132. The smallest absolute Gasteiger partial charge is 0.338 e. The highest BCUT2D eigenvalue weighted by atomic mass is 16.5. The van der Waals surface area contributed by atoms with Gasteiger partial charge in [0.05, 0.1) is 30.4 Å². The number of benzene rings is 3. The molecule has 1 fully saturated rings. The highest BCUT2D eigenvalue weighted by Gasteiger charge is 2.47. The van der Waals surface area contributed by atoms with Crippen molar-refractivity contribution in [3.63, 3.8) is 0 Å².